The van der Waals surface area contributed by atoms with Crippen molar-refractivity contribution in [1.82, 2.24) is 15.3 Å². The van der Waals surface area contributed by atoms with Gasteiger partial charge in [0.1, 0.15) is 0 Å². The van der Waals surface area contributed by atoms with Gasteiger partial charge in [-0.3, -0.25) is 4.79 Å². The van der Waals surface area contributed by atoms with E-state index in [9.17, 15) is 4.79 Å². The van der Waals surface area contributed by atoms with Crippen LogP contribution in [0.15, 0.2) is 24.3 Å². The van der Waals surface area contributed by atoms with Crippen molar-refractivity contribution in [1.29, 1.82) is 0 Å². The van der Waals surface area contributed by atoms with Crippen LogP contribution in [-0.2, 0) is 9.53 Å². The van der Waals surface area contributed by atoms with Gasteiger partial charge in [-0.2, -0.15) is 0 Å². The highest BCUT2D eigenvalue weighted by molar-refractivity contribution is 6.32. The molecule has 1 saturated heterocycles. The second-order valence-electron chi connectivity index (χ2n) is 4.90. The normalized spacial score (nSPS) is 21.6. The van der Waals surface area contributed by atoms with E-state index in [1.807, 2.05) is 24.3 Å². The molecule has 1 aliphatic rings. The molecule has 6 nitrogen and oxygen atoms in total. The number of nitrogens with zero attached hydrogens (tertiary/aromatic N) is 2. The van der Waals surface area contributed by atoms with Crippen LogP contribution in [0.25, 0.3) is 11.0 Å². The number of hydrogen-bond acceptors (Lipinski definition) is 5. The highest BCUT2D eigenvalue weighted by atomic mass is 35.5. The fourth-order valence-electron chi connectivity index (χ4n) is 2.34. The lowest BCUT2D eigenvalue weighted by molar-refractivity contribution is -0.118. The molecule has 3 rings (SSSR count). The lowest BCUT2D eigenvalue weighted by Crippen LogP contribution is -2.35. The van der Waals surface area contributed by atoms with Gasteiger partial charge in [-0.05, 0) is 18.6 Å². The maximum atomic E-state index is 12.2. The van der Waals surface area contributed by atoms with Crippen LogP contribution in [0.1, 0.15) is 6.42 Å². The number of ether oxygens (including phenoxy) is 1. The van der Waals surface area contributed by atoms with E-state index in [4.69, 9.17) is 16.3 Å². The highest BCUT2D eigenvalue weighted by Crippen LogP contribution is 2.21. The summed E-state index contributed by atoms with van der Waals surface area (Å²) >= 11 is 6.08. The number of fused-ring (bicyclic) bond motifs is 1. The molecule has 0 radical (unpaired) electrons. The summed E-state index contributed by atoms with van der Waals surface area (Å²) in [7, 11) is 1.64. The van der Waals surface area contributed by atoms with Crippen molar-refractivity contribution in [2.75, 3.05) is 19.0 Å². The largest absolute Gasteiger partial charge is 0.380 e. The zero-order valence-electron chi connectivity index (χ0n) is 11.5. The van der Waals surface area contributed by atoms with E-state index in [0.717, 1.165) is 0 Å². The predicted octanol–water partition coefficient (Wildman–Crippen LogP) is 1.60. The molecule has 2 N–H and O–H groups in total. The summed E-state index contributed by atoms with van der Waals surface area (Å²) < 4.78 is 5.23. The summed E-state index contributed by atoms with van der Waals surface area (Å²) in [6, 6.07) is 7.06. The van der Waals surface area contributed by atoms with Crippen LogP contribution in [-0.4, -0.2) is 41.7 Å². The average Bonchev–Trinajstić information content (AvgIpc) is 2.97. The quantitative estimate of drug-likeness (QED) is 0.901. The molecule has 2 aromatic rings. The number of anilines is 1. The molecule has 0 saturated carbocycles. The van der Waals surface area contributed by atoms with Gasteiger partial charge in [0.2, 0.25) is 5.91 Å². The number of amides is 1. The van der Waals surface area contributed by atoms with Crippen molar-refractivity contribution in [2.45, 2.75) is 18.6 Å². The van der Waals surface area contributed by atoms with Crippen molar-refractivity contribution in [3.63, 3.8) is 0 Å². The smallest absolute Gasteiger partial charge is 0.242 e. The molecule has 1 amide bonds. The van der Waals surface area contributed by atoms with E-state index in [2.05, 4.69) is 20.6 Å². The molecule has 21 heavy (non-hydrogen) atoms. The molecule has 7 heteroatoms. The lowest BCUT2D eigenvalue weighted by Gasteiger charge is -2.12. The molecule has 2 heterocycles. The Bertz CT molecular complexity index is 679. The summed E-state index contributed by atoms with van der Waals surface area (Å²) in [4.78, 5) is 20.8. The van der Waals surface area contributed by atoms with Gasteiger partial charge in [0.25, 0.3) is 0 Å². The molecule has 0 aliphatic carbocycles. The number of halogens is 1. The molecule has 1 aliphatic heterocycles. The Morgan fingerprint density at radius 1 is 1.38 bits per heavy atom. The van der Waals surface area contributed by atoms with Crippen molar-refractivity contribution in [3.8, 4) is 0 Å². The third-order valence-electron chi connectivity index (χ3n) is 3.51. The highest BCUT2D eigenvalue weighted by Gasteiger charge is 2.29. The first-order chi connectivity index (χ1) is 10.2. The minimum atomic E-state index is -0.306. The Morgan fingerprint density at radius 3 is 2.76 bits per heavy atom. The fraction of sp³-hybridized carbons (Fsp3) is 0.357. The number of carbonyl (C=O) groups is 1. The van der Waals surface area contributed by atoms with E-state index in [1.165, 1.54) is 0 Å². The Morgan fingerprint density at radius 2 is 2.10 bits per heavy atom. The average molecular weight is 307 g/mol. The van der Waals surface area contributed by atoms with Gasteiger partial charge in [-0.1, -0.05) is 23.7 Å². The van der Waals surface area contributed by atoms with E-state index in [0.29, 0.717) is 24.0 Å². The first-order valence-corrected chi connectivity index (χ1v) is 7.04. The van der Waals surface area contributed by atoms with Gasteiger partial charge in [-0.25, -0.2) is 9.97 Å². The Hall–Kier alpha value is -1.76. The molecular weight excluding hydrogens is 292 g/mol. The summed E-state index contributed by atoms with van der Waals surface area (Å²) in [5.41, 5.74) is 1.38. The first-order valence-electron chi connectivity index (χ1n) is 6.66. The summed E-state index contributed by atoms with van der Waals surface area (Å²) in [6.07, 6.45) is 0.681. The van der Waals surface area contributed by atoms with Gasteiger partial charge in [0.05, 0.1) is 23.2 Å². The fourth-order valence-corrected chi connectivity index (χ4v) is 2.52. The molecule has 1 fully saturated rings. The molecule has 110 valence electrons. The molecule has 0 spiro atoms. The van der Waals surface area contributed by atoms with E-state index in [1.54, 1.807) is 7.11 Å². The Balaban J connectivity index is 1.78. The molecule has 2 atom stereocenters. The summed E-state index contributed by atoms with van der Waals surface area (Å²) in [5.74, 6) is 0.101. The standard InChI is InChI=1S/C14H15ClN4O2/c1-21-8-6-11(16-7-8)14(20)19-13-12(15)17-9-4-2-3-5-10(9)18-13/h2-5,8,11,16H,6-7H2,1H3,(H,18,19,20). The third kappa shape index (κ3) is 2.97. The Labute approximate surface area is 126 Å². The predicted molar refractivity (Wildman–Crippen MR) is 80.4 cm³/mol. The molecule has 1 aromatic heterocycles. The third-order valence-corrected chi connectivity index (χ3v) is 3.77. The lowest BCUT2D eigenvalue weighted by atomic mass is 10.2. The number of nitrogens with one attached hydrogen (secondary N) is 2. The number of aromatic nitrogens is 2. The van der Waals surface area contributed by atoms with Gasteiger partial charge in [0, 0.05) is 13.7 Å². The van der Waals surface area contributed by atoms with Crippen LogP contribution < -0.4 is 10.6 Å². The second kappa shape index (κ2) is 5.93. The monoisotopic (exact) mass is 306 g/mol. The summed E-state index contributed by atoms with van der Waals surface area (Å²) in [5, 5.41) is 6.02. The topological polar surface area (TPSA) is 76.1 Å². The van der Waals surface area contributed by atoms with Gasteiger partial charge in [0.15, 0.2) is 11.0 Å². The van der Waals surface area contributed by atoms with Crippen LogP contribution >= 0.6 is 11.6 Å². The second-order valence-corrected chi connectivity index (χ2v) is 5.25. The van der Waals surface area contributed by atoms with Gasteiger partial charge in [-0.15, -0.1) is 0 Å². The number of methoxy groups -OCH3 is 1. The van der Waals surface area contributed by atoms with Crippen LogP contribution in [0, 0.1) is 0 Å². The van der Waals surface area contributed by atoms with Crippen LogP contribution in [0.5, 0.6) is 0 Å². The zero-order chi connectivity index (χ0) is 14.8. The van der Waals surface area contributed by atoms with E-state index < -0.39 is 0 Å². The van der Waals surface area contributed by atoms with Crippen molar-refractivity contribution < 1.29 is 9.53 Å². The number of hydrogen-bond donors (Lipinski definition) is 2. The number of rotatable bonds is 3. The van der Waals surface area contributed by atoms with Crippen molar-refractivity contribution in [3.05, 3.63) is 29.4 Å². The minimum absolute atomic E-state index is 0.0545. The summed E-state index contributed by atoms with van der Waals surface area (Å²) in [6.45, 7) is 0.658. The maximum Gasteiger partial charge on any atom is 0.242 e. The number of carbonyl (C=O) groups excluding carboxylic acids is 1. The minimum Gasteiger partial charge on any atom is -0.380 e. The Kier molecular flexibility index (Phi) is 4.01. The number of benzene rings is 1. The van der Waals surface area contributed by atoms with Gasteiger partial charge >= 0.3 is 0 Å². The van der Waals surface area contributed by atoms with Crippen molar-refractivity contribution >= 4 is 34.4 Å². The van der Waals surface area contributed by atoms with Crippen molar-refractivity contribution in [2.24, 2.45) is 0 Å². The SMILES string of the molecule is COC1CNC(C(=O)Nc2nc3ccccc3nc2Cl)C1. The van der Waals surface area contributed by atoms with E-state index in [-0.39, 0.29) is 29.0 Å². The molecular formula is C14H15ClN4O2. The van der Waals surface area contributed by atoms with Crippen LogP contribution in [0.4, 0.5) is 5.82 Å². The molecule has 2 unspecified atom stereocenters. The van der Waals surface area contributed by atoms with Crippen LogP contribution in [0.3, 0.4) is 0 Å². The first kappa shape index (κ1) is 14.2. The molecule has 1 aromatic carbocycles. The molecule has 0 bridgehead atoms. The number of para-hydroxylation sites is 2. The van der Waals surface area contributed by atoms with E-state index >= 15 is 0 Å². The van der Waals surface area contributed by atoms with Gasteiger partial charge < -0.3 is 15.4 Å². The maximum absolute atomic E-state index is 12.2. The van der Waals surface area contributed by atoms with Crippen LogP contribution in [0.2, 0.25) is 5.15 Å². The zero-order valence-corrected chi connectivity index (χ0v) is 12.2.